The first-order valence-electron chi connectivity index (χ1n) is 5.90. The maximum Gasteiger partial charge on any atom is 0.0811 e. The van der Waals surface area contributed by atoms with Crippen LogP contribution in [-0.4, -0.2) is 0 Å². The van der Waals surface area contributed by atoms with Crippen LogP contribution < -0.4 is 0 Å². The number of hydrogen-bond acceptors (Lipinski definition) is 2. The largest absolute Gasteiger partial charge is 0.145 e. The summed E-state index contributed by atoms with van der Waals surface area (Å²) in [6.45, 7) is 14.8. The Morgan fingerprint density at radius 1 is 1.40 bits per heavy atom. The van der Waals surface area contributed by atoms with E-state index in [0.29, 0.717) is 11.6 Å². The highest BCUT2D eigenvalue weighted by atomic mass is 16.3. The van der Waals surface area contributed by atoms with Gasteiger partial charge in [0.1, 0.15) is 0 Å². The van der Waals surface area contributed by atoms with Crippen molar-refractivity contribution in [2.45, 2.75) is 53.9 Å². The molecule has 0 amide bonds. The normalized spacial score (nSPS) is 15.8. The van der Waals surface area contributed by atoms with Gasteiger partial charge in [-0.05, 0) is 22.9 Å². The second-order valence-corrected chi connectivity index (χ2v) is 5.30. The monoisotopic (exact) mass is 211 g/mol. The summed E-state index contributed by atoms with van der Waals surface area (Å²) < 4.78 is 0. The third-order valence-electron chi connectivity index (χ3n) is 3.61. The summed E-state index contributed by atoms with van der Waals surface area (Å²) in [4.78, 5) is 10.6. The summed E-state index contributed by atoms with van der Waals surface area (Å²) in [5.74, 6) is 0.725. The van der Waals surface area contributed by atoms with E-state index in [9.17, 15) is 4.91 Å². The molecule has 0 rings (SSSR count). The first-order chi connectivity index (χ1) is 6.87. The van der Waals surface area contributed by atoms with E-state index in [1.165, 1.54) is 0 Å². The molecule has 0 aliphatic carbocycles. The predicted molar refractivity (Wildman–Crippen MR) is 66.6 cm³/mol. The fourth-order valence-electron chi connectivity index (χ4n) is 1.74. The lowest BCUT2D eigenvalue weighted by molar-refractivity contribution is 0.230. The van der Waals surface area contributed by atoms with Crippen LogP contribution in [0.3, 0.4) is 0 Å². The molecule has 0 N–H and O–H groups in total. The van der Waals surface area contributed by atoms with Crippen LogP contribution in [0.2, 0.25) is 0 Å². The van der Waals surface area contributed by atoms with Gasteiger partial charge in [-0.2, -0.15) is 0 Å². The molecular weight excluding hydrogens is 186 g/mol. The van der Waals surface area contributed by atoms with Gasteiger partial charge in [0.15, 0.2) is 0 Å². The summed E-state index contributed by atoms with van der Waals surface area (Å²) >= 11 is 0. The van der Waals surface area contributed by atoms with Gasteiger partial charge in [-0.25, -0.2) is 0 Å². The summed E-state index contributed by atoms with van der Waals surface area (Å²) in [5, 5.41) is 3.03. The molecule has 0 aromatic carbocycles. The third kappa shape index (κ3) is 4.59. The molecule has 0 spiro atoms. The van der Waals surface area contributed by atoms with E-state index in [1.807, 2.05) is 0 Å². The van der Waals surface area contributed by atoms with Crippen LogP contribution in [-0.2, 0) is 0 Å². The lowest BCUT2D eigenvalue weighted by Crippen LogP contribution is -2.21. The van der Waals surface area contributed by atoms with Crippen molar-refractivity contribution in [3.63, 3.8) is 0 Å². The average Bonchev–Trinajstić information content (AvgIpc) is 2.23. The number of rotatable bonds is 7. The van der Waals surface area contributed by atoms with Gasteiger partial charge < -0.3 is 0 Å². The third-order valence-corrected chi connectivity index (χ3v) is 3.61. The zero-order valence-corrected chi connectivity index (χ0v) is 10.8. The second-order valence-electron chi connectivity index (χ2n) is 5.30. The minimum atomic E-state index is 0.238. The molecular formula is C13H25NO. The molecule has 2 unspecified atom stereocenters. The van der Waals surface area contributed by atoms with Gasteiger partial charge in [0, 0.05) is 5.92 Å². The van der Waals surface area contributed by atoms with Crippen molar-refractivity contribution in [1.29, 1.82) is 0 Å². The molecule has 15 heavy (non-hydrogen) atoms. The number of hydrogen-bond donors (Lipinski definition) is 0. The SMILES string of the molecule is C=C(N=O)C(CC(C)(C)CC)C(C)CC. The Morgan fingerprint density at radius 3 is 2.27 bits per heavy atom. The Bertz CT molecular complexity index is 221. The van der Waals surface area contributed by atoms with Gasteiger partial charge in [-0.15, -0.1) is 4.91 Å². The van der Waals surface area contributed by atoms with E-state index in [-0.39, 0.29) is 11.3 Å². The fraction of sp³-hybridized carbons (Fsp3) is 0.846. The quantitative estimate of drug-likeness (QED) is 0.558. The van der Waals surface area contributed by atoms with E-state index in [0.717, 1.165) is 19.3 Å². The van der Waals surface area contributed by atoms with Gasteiger partial charge in [0.05, 0.1) is 5.70 Å². The van der Waals surface area contributed by atoms with Crippen LogP contribution in [0.1, 0.15) is 53.9 Å². The highest BCUT2D eigenvalue weighted by molar-refractivity contribution is 5.01. The molecule has 0 saturated heterocycles. The summed E-state index contributed by atoms with van der Waals surface area (Å²) in [6.07, 6.45) is 3.19. The highest BCUT2D eigenvalue weighted by Crippen LogP contribution is 2.36. The van der Waals surface area contributed by atoms with Crippen LogP contribution in [0.25, 0.3) is 0 Å². The van der Waals surface area contributed by atoms with E-state index >= 15 is 0 Å². The minimum Gasteiger partial charge on any atom is -0.145 e. The van der Waals surface area contributed by atoms with Gasteiger partial charge in [0.25, 0.3) is 0 Å². The van der Waals surface area contributed by atoms with Crippen molar-refractivity contribution in [1.82, 2.24) is 0 Å². The van der Waals surface area contributed by atoms with Gasteiger partial charge in [0.2, 0.25) is 0 Å². The maximum atomic E-state index is 10.6. The number of nitrogens with zero attached hydrogens (tertiary/aromatic N) is 1. The van der Waals surface area contributed by atoms with Crippen LogP contribution in [0.5, 0.6) is 0 Å². The van der Waals surface area contributed by atoms with Crippen molar-refractivity contribution < 1.29 is 0 Å². The van der Waals surface area contributed by atoms with E-state index in [4.69, 9.17) is 0 Å². The molecule has 0 aliphatic rings. The van der Waals surface area contributed by atoms with Crippen molar-refractivity contribution in [3.05, 3.63) is 17.2 Å². The van der Waals surface area contributed by atoms with Crippen LogP contribution in [0, 0.1) is 22.2 Å². The molecule has 2 atom stereocenters. The highest BCUT2D eigenvalue weighted by Gasteiger charge is 2.27. The molecule has 0 heterocycles. The lowest BCUT2D eigenvalue weighted by atomic mass is 9.75. The summed E-state index contributed by atoms with van der Waals surface area (Å²) in [7, 11) is 0. The Balaban J connectivity index is 4.65. The standard InChI is InChI=1S/C13H25NO/c1-7-10(3)12(11(4)14-15)9-13(5,6)8-2/h10,12H,4,7-9H2,1-3,5-6H3. The molecule has 0 bridgehead atoms. The lowest BCUT2D eigenvalue weighted by Gasteiger charge is -2.31. The minimum absolute atomic E-state index is 0.238. The average molecular weight is 211 g/mol. The van der Waals surface area contributed by atoms with Crippen molar-refractivity contribution >= 4 is 0 Å². The molecule has 2 nitrogen and oxygen atoms in total. The van der Waals surface area contributed by atoms with Crippen molar-refractivity contribution in [3.8, 4) is 0 Å². The molecule has 0 saturated carbocycles. The Labute approximate surface area is 94.1 Å². The zero-order chi connectivity index (χ0) is 12.1. The molecule has 0 radical (unpaired) electrons. The van der Waals surface area contributed by atoms with E-state index < -0.39 is 0 Å². The van der Waals surface area contributed by atoms with Gasteiger partial charge in [-0.3, -0.25) is 0 Å². The van der Waals surface area contributed by atoms with Crippen LogP contribution in [0.15, 0.2) is 17.5 Å². The Morgan fingerprint density at radius 2 is 1.93 bits per heavy atom. The molecule has 88 valence electrons. The Hall–Kier alpha value is -0.660. The van der Waals surface area contributed by atoms with Crippen LogP contribution in [0.4, 0.5) is 0 Å². The van der Waals surface area contributed by atoms with Crippen molar-refractivity contribution in [2.24, 2.45) is 22.4 Å². The molecule has 2 heteroatoms. The molecule has 0 aliphatic heterocycles. The first kappa shape index (κ1) is 14.3. The fourth-order valence-corrected chi connectivity index (χ4v) is 1.74. The van der Waals surface area contributed by atoms with E-state index in [2.05, 4.69) is 46.4 Å². The molecule has 0 fully saturated rings. The van der Waals surface area contributed by atoms with Gasteiger partial charge in [-0.1, -0.05) is 54.0 Å². The number of nitroso groups, excluding NO2 is 1. The molecule has 0 aromatic heterocycles. The predicted octanol–water partition coefficient (Wildman–Crippen LogP) is 4.76. The van der Waals surface area contributed by atoms with E-state index in [1.54, 1.807) is 0 Å². The maximum absolute atomic E-state index is 10.6. The zero-order valence-electron chi connectivity index (χ0n) is 10.8. The Kier molecular flexibility index (Phi) is 5.77. The molecule has 0 aromatic rings. The van der Waals surface area contributed by atoms with Crippen LogP contribution >= 0.6 is 0 Å². The first-order valence-corrected chi connectivity index (χ1v) is 5.90. The topological polar surface area (TPSA) is 29.4 Å². The number of allylic oxidation sites excluding steroid dienone is 1. The smallest absolute Gasteiger partial charge is 0.0811 e. The summed E-state index contributed by atoms with van der Waals surface area (Å²) in [6, 6.07) is 0. The second kappa shape index (κ2) is 6.04. The summed E-state index contributed by atoms with van der Waals surface area (Å²) in [5.41, 5.74) is 0.785. The van der Waals surface area contributed by atoms with Gasteiger partial charge >= 0.3 is 0 Å². The van der Waals surface area contributed by atoms with Crippen molar-refractivity contribution in [2.75, 3.05) is 0 Å².